The number of aryl methyl sites for hydroxylation is 1. The third kappa shape index (κ3) is 4.94. The molecule has 1 N–H and O–H groups in total. The Kier molecular flexibility index (Phi) is 5.95. The minimum Gasteiger partial charge on any atom is -0.489 e. The zero-order chi connectivity index (χ0) is 18.4. The fourth-order valence-corrected chi connectivity index (χ4v) is 2.13. The van der Waals surface area contributed by atoms with Crippen molar-refractivity contribution in [3.8, 4) is 5.75 Å². The van der Waals surface area contributed by atoms with Gasteiger partial charge < -0.3 is 14.8 Å². The number of benzene rings is 2. The maximum Gasteiger partial charge on any atom is 0.337 e. The molecule has 0 aliphatic rings. The Morgan fingerprint density at radius 1 is 1.12 bits per heavy atom. The molecule has 0 aromatic heterocycles. The molecule has 0 aliphatic heterocycles. The summed E-state index contributed by atoms with van der Waals surface area (Å²) in [5.74, 6) is -0.146. The molecule has 0 fully saturated rings. The van der Waals surface area contributed by atoms with E-state index in [2.05, 4.69) is 11.9 Å². The normalized spacial score (nSPS) is 10.0. The first-order valence-corrected chi connectivity index (χ1v) is 7.78. The van der Waals surface area contributed by atoms with Crippen molar-refractivity contribution in [1.82, 2.24) is 0 Å². The molecule has 5 nitrogen and oxygen atoms in total. The molecule has 0 saturated heterocycles. The first-order chi connectivity index (χ1) is 11.9. The lowest BCUT2D eigenvalue weighted by Gasteiger charge is -2.11. The van der Waals surface area contributed by atoms with Crippen LogP contribution in [0.3, 0.4) is 0 Å². The lowest BCUT2D eigenvalue weighted by atomic mass is 10.1. The van der Waals surface area contributed by atoms with Crippen molar-refractivity contribution >= 4 is 17.6 Å². The van der Waals surface area contributed by atoms with Crippen LogP contribution in [0.15, 0.2) is 54.6 Å². The molecule has 0 spiro atoms. The predicted octanol–water partition coefficient (Wildman–Crippen LogP) is 3.99. The Bertz CT molecular complexity index is 811. The molecule has 0 atom stereocenters. The van der Waals surface area contributed by atoms with E-state index in [0.717, 1.165) is 11.1 Å². The molecule has 0 heterocycles. The third-order valence-corrected chi connectivity index (χ3v) is 3.49. The number of hydrogen-bond acceptors (Lipinski definition) is 4. The van der Waals surface area contributed by atoms with Crippen molar-refractivity contribution in [2.45, 2.75) is 13.8 Å². The number of nitrogens with one attached hydrogen (secondary N) is 1. The summed E-state index contributed by atoms with van der Waals surface area (Å²) >= 11 is 0. The van der Waals surface area contributed by atoms with E-state index in [1.165, 1.54) is 7.11 Å². The number of anilines is 1. The van der Waals surface area contributed by atoms with Crippen molar-refractivity contribution in [2.75, 3.05) is 19.0 Å². The van der Waals surface area contributed by atoms with Crippen LogP contribution >= 0.6 is 0 Å². The summed E-state index contributed by atoms with van der Waals surface area (Å²) in [4.78, 5) is 24.2. The van der Waals surface area contributed by atoms with Crippen LogP contribution in [-0.2, 0) is 4.74 Å². The van der Waals surface area contributed by atoms with Gasteiger partial charge in [0.05, 0.1) is 12.7 Å². The van der Waals surface area contributed by atoms with Crippen LogP contribution in [0, 0.1) is 6.92 Å². The molecule has 2 aromatic carbocycles. The highest BCUT2D eigenvalue weighted by Gasteiger charge is 2.12. The number of amides is 1. The lowest BCUT2D eigenvalue weighted by molar-refractivity contribution is 0.0600. The van der Waals surface area contributed by atoms with Crippen LogP contribution < -0.4 is 10.1 Å². The van der Waals surface area contributed by atoms with Crippen LogP contribution in [0.25, 0.3) is 0 Å². The highest BCUT2D eigenvalue weighted by molar-refractivity contribution is 6.05. The maximum absolute atomic E-state index is 12.5. The Balaban J connectivity index is 2.18. The Morgan fingerprint density at radius 3 is 2.56 bits per heavy atom. The summed E-state index contributed by atoms with van der Waals surface area (Å²) in [6.07, 6.45) is 0. The standard InChI is InChI=1S/C20H21NO4/c1-13(2)12-25-17-7-5-6-15(10-17)19(22)21-18-11-16(20(23)24-4)9-8-14(18)3/h5-11H,1,12H2,2-4H3,(H,21,22). The average Bonchev–Trinajstić information content (AvgIpc) is 2.61. The fraction of sp³-hybridized carbons (Fsp3) is 0.200. The van der Waals surface area contributed by atoms with Crippen LogP contribution in [0.1, 0.15) is 33.2 Å². The molecular formula is C20H21NO4. The Hall–Kier alpha value is -3.08. The third-order valence-electron chi connectivity index (χ3n) is 3.49. The molecule has 0 aliphatic carbocycles. The first kappa shape index (κ1) is 18.3. The number of hydrogen-bond donors (Lipinski definition) is 1. The van der Waals surface area contributed by atoms with Gasteiger partial charge in [0.1, 0.15) is 12.4 Å². The number of esters is 1. The predicted molar refractivity (Wildman–Crippen MR) is 97.2 cm³/mol. The van der Waals surface area contributed by atoms with E-state index in [9.17, 15) is 9.59 Å². The van der Waals surface area contributed by atoms with Crippen molar-refractivity contribution < 1.29 is 19.1 Å². The molecule has 130 valence electrons. The van der Waals surface area contributed by atoms with Crippen molar-refractivity contribution in [3.63, 3.8) is 0 Å². The number of ether oxygens (including phenoxy) is 2. The molecule has 0 unspecified atom stereocenters. The molecule has 25 heavy (non-hydrogen) atoms. The van der Waals surface area contributed by atoms with Gasteiger partial charge in [-0.15, -0.1) is 0 Å². The molecule has 1 amide bonds. The van der Waals surface area contributed by atoms with E-state index in [1.807, 2.05) is 13.8 Å². The number of methoxy groups -OCH3 is 1. The minimum atomic E-state index is -0.453. The van der Waals surface area contributed by atoms with Gasteiger partial charge in [-0.25, -0.2) is 4.79 Å². The number of carbonyl (C=O) groups is 2. The van der Waals surface area contributed by atoms with E-state index in [1.54, 1.807) is 42.5 Å². The largest absolute Gasteiger partial charge is 0.489 e. The second kappa shape index (κ2) is 8.15. The molecule has 5 heteroatoms. The summed E-state index contributed by atoms with van der Waals surface area (Å²) in [7, 11) is 1.32. The van der Waals surface area contributed by atoms with Crippen LogP contribution in [-0.4, -0.2) is 25.6 Å². The second-order valence-corrected chi connectivity index (χ2v) is 5.75. The molecule has 0 radical (unpaired) electrons. The van der Waals surface area contributed by atoms with Gasteiger partial charge in [-0.3, -0.25) is 4.79 Å². The SMILES string of the molecule is C=C(C)COc1cccc(C(=O)Nc2cc(C(=O)OC)ccc2C)c1. The maximum atomic E-state index is 12.5. The summed E-state index contributed by atoms with van der Waals surface area (Å²) in [5.41, 5.74) is 3.13. The minimum absolute atomic E-state index is 0.286. The van der Waals surface area contributed by atoms with Crippen molar-refractivity contribution in [3.05, 3.63) is 71.3 Å². The fourth-order valence-electron chi connectivity index (χ4n) is 2.13. The first-order valence-electron chi connectivity index (χ1n) is 7.78. The van der Waals surface area contributed by atoms with E-state index >= 15 is 0 Å². The van der Waals surface area contributed by atoms with Gasteiger partial charge in [0.2, 0.25) is 0 Å². The zero-order valence-corrected chi connectivity index (χ0v) is 14.6. The Morgan fingerprint density at radius 2 is 1.88 bits per heavy atom. The summed E-state index contributed by atoms with van der Waals surface area (Å²) in [6, 6.07) is 11.9. The van der Waals surface area contributed by atoms with E-state index in [4.69, 9.17) is 9.47 Å². The molecule has 2 rings (SSSR count). The van der Waals surface area contributed by atoms with Crippen LogP contribution in [0.2, 0.25) is 0 Å². The zero-order valence-electron chi connectivity index (χ0n) is 14.6. The van der Waals surface area contributed by atoms with Crippen molar-refractivity contribution in [1.29, 1.82) is 0 Å². The monoisotopic (exact) mass is 339 g/mol. The van der Waals surface area contributed by atoms with Gasteiger partial charge >= 0.3 is 5.97 Å². The highest BCUT2D eigenvalue weighted by Crippen LogP contribution is 2.20. The number of carbonyl (C=O) groups excluding carboxylic acids is 2. The average molecular weight is 339 g/mol. The summed E-state index contributed by atoms with van der Waals surface area (Å²) in [5, 5.41) is 2.82. The highest BCUT2D eigenvalue weighted by atomic mass is 16.5. The van der Waals surface area contributed by atoms with E-state index in [0.29, 0.717) is 29.2 Å². The quantitative estimate of drug-likeness (QED) is 0.638. The second-order valence-electron chi connectivity index (χ2n) is 5.75. The van der Waals surface area contributed by atoms with Crippen molar-refractivity contribution in [2.24, 2.45) is 0 Å². The van der Waals surface area contributed by atoms with E-state index < -0.39 is 5.97 Å². The smallest absolute Gasteiger partial charge is 0.337 e. The van der Waals surface area contributed by atoms with Gasteiger partial charge in [0.15, 0.2) is 0 Å². The van der Waals surface area contributed by atoms with Gasteiger partial charge in [0, 0.05) is 11.3 Å². The number of rotatable bonds is 6. The molecule has 0 bridgehead atoms. The molecule has 0 saturated carbocycles. The van der Waals surface area contributed by atoms with Gasteiger partial charge in [0.25, 0.3) is 5.91 Å². The molecule has 2 aromatic rings. The molecular weight excluding hydrogens is 318 g/mol. The Labute approximate surface area is 147 Å². The summed E-state index contributed by atoms with van der Waals surface area (Å²) in [6.45, 7) is 7.89. The topological polar surface area (TPSA) is 64.6 Å². The van der Waals surface area contributed by atoms with Crippen LogP contribution in [0.4, 0.5) is 5.69 Å². The van der Waals surface area contributed by atoms with Gasteiger partial charge in [-0.05, 0) is 55.3 Å². The van der Waals surface area contributed by atoms with Gasteiger partial charge in [-0.2, -0.15) is 0 Å². The van der Waals surface area contributed by atoms with Crippen LogP contribution in [0.5, 0.6) is 5.75 Å². The summed E-state index contributed by atoms with van der Waals surface area (Å²) < 4.78 is 10.3. The van der Waals surface area contributed by atoms with E-state index in [-0.39, 0.29) is 5.91 Å². The van der Waals surface area contributed by atoms with Gasteiger partial charge in [-0.1, -0.05) is 18.7 Å². The lowest BCUT2D eigenvalue weighted by Crippen LogP contribution is -2.14.